The van der Waals surface area contributed by atoms with Crippen LogP contribution in [0, 0.1) is 0 Å². The molecule has 2 atom stereocenters. The van der Waals surface area contributed by atoms with Crippen molar-refractivity contribution in [2.75, 3.05) is 4.90 Å². The van der Waals surface area contributed by atoms with Crippen molar-refractivity contribution in [2.45, 2.75) is 25.3 Å². The van der Waals surface area contributed by atoms with E-state index in [0.717, 1.165) is 27.5 Å². The Kier molecular flexibility index (Phi) is 5.11. The van der Waals surface area contributed by atoms with Gasteiger partial charge in [0.05, 0.1) is 16.5 Å². The molecule has 0 bridgehead atoms. The number of nitrogens with two attached hydrogens (primary N) is 1. The summed E-state index contributed by atoms with van der Waals surface area (Å²) in [5.74, 6) is -0.941. The maximum atomic E-state index is 14.0. The monoisotopic (exact) mass is 442 g/mol. The number of hydrogen-bond donors (Lipinski definition) is 1. The highest BCUT2D eigenvalue weighted by Crippen LogP contribution is 2.39. The van der Waals surface area contributed by atoms with Gasteiger partial charge in [0.2, 0.25) is 5.91 Å². The van der Waals surface area contributed by atoms with Gasteiger partial charge in [0.15, 0.2) is 0 Å². The highest BCUT2D eigenvalue weighted by molar-refractivity contribution is 7.13. The van der Waals surface area contributed by atoms with Gasteiger partial charge < -0.3 is 10.6 Å². The molecule has 0 saturated carbocycles. The first-order valence-electron chi connectivity index (χ1n) is 10.5. The van der Waals surface area contributed by atoms with Gasteiger partial charge in [-0.05, 0) is 54.6 Å². The van der Waals surface area contributed by atoms with Gasteiger partial charge in [0.1, 0.15) is 11.4 Å². The number of carbonyl (C=O) groups is 2. The Morgan fingerprint density at radius 1 is 1.03 bits per heavy atom. The van der Waals surface area contributed by atoms with E-state index in [0.29, 0.717) is 12.1 Å². The number of para-hydroxylation sites is 2. The summed E-state index contributed by atoms with van der Waals surface area (Å²) in [6, 6.07) is 22.7. The number of benzene rings is 2. The number of nitrogens with zero attached hydrogens (tertiary/aromatic N) is 3. The zero-order chi connectivity index (χ0) is 22.2. The molecule has 0 fully saturated rings. The molecule has 0 radical (unpaired) electrons. The van der Waals surface area contributed by atoms with Crippen LogP contribution in [0.3, 0.4) is 0 Å². The number of primary amides is 1. The smallest absolute Gasteiger partial charge is 0.277 e. The van der Waals surface area contributed by atoms with Gasteiger partial charge in [0.25, 0.3) is 5.91 Å². The predicted octanol–water partition coefficient (Wildman–Crippen LogP) is 4.61. The second kappa shape index (κ2) is 8.09. The van der Waals surface area contributed by atoms with E-state index in [2.05, 4.69) is 0 Å². The van der Waals surface area contributed by atoms with E-state index in [1.807, 2.05) is 85.1 Å². The summed E-state index contributed by atoms with van der Waals surface area (Å²) >= 11 is 1.58. The molecule has 2 N–H and O–H groups in total. The van der Waals surface area contributed by atoms with E-state index in [9.17, 15) is 9.59 Å². The number of amides is 2. The standard InChI is InChI=1S/C25H22N4O2S/c1-16-14-19(24(26)30)18-10-5-6-11-21(18)28(16)25(31)22-15-20(23-12-7-13-32-23)27-29(22)17-8-3-2-4-9-17/h2-13,15-16,19H,14H2,1H3,(H2,26,30)/t16-,19+/m0/s1. The van der Waals surface area contributed by atoms with Gasteiger partial charge in [0, 0.05) is 11.7 Å². The lowest BCUT2D eigenvalue weighted by Gasteiger charge is -2.38. The third-order valence-electron chi connectivity index (χ3n) is 5.85. The van der Waals surface area contributed by atoms with Crippen LogP contribution < -0.4 is 10.6 Å². The van der Waals surface area contributed by atoms with Crippen molar-refractivity contribution in [2.24, 2.45) is 5.73 Å². The highest BCUT2D eigenvalue weighted by Gasteiger charge is 2.37. The average Bonchev–Trinajstić information content (AvgIpc) is 3.49. The molecule has 4 aromatic rings. The van der Waals surface area contributed by atoms with Crippen LogP contribution in [0.1, 0.15) is 35.3 Å². The van der Waals surface area contributed by atoms with Crippen molar-refractivity contribution >= 4 is 28.8 Å². The number of thiophene rings is 1. The summed E-state index contributed by atoms with van der Waals surface area (Å²) in [4.78, 5) is 28.8. The third kappa shape index (κ3) is 3.40. The molecule has 0 aliphatic carbocycles. The van der Waals surface area contributed by atoms with Crippen LogP contribution in [-0.4, -0.2) is 27.6 Å². The van der Waals surface area contributed by atoms with Gasteiger partial charge in [-0.15, -0.1) is 11.3 Å². The van der Waals surface area contributed by atoms with E-state index in [1.165, 1.54) is 0 Å². The largest absolute Gasteiger partial charge is 0.369 e. The molecule has 32 heavy (non-hydrogen) atoms. The SMILES string of the molecule is C[C@H]1C[C@@H](C(N)=O)c2ccccc2N1C(=O)c1cc(-c2cccs2)nn1-c1ccccc1. The summed E-state index contributed by atoms with van der Waals surface area (Å²) < 4.78 is 1.70. The fourth-order valence-corrected chi connectivity index (χ4v) is 5.04. The van der Waals surface area contributed by atoms with Crippen LogP contribution >= 0.6 is 11.3 Å². The lowest BCUT2D eigenvalue weighted by atomic mass is 9.85. The zero-order valence-corrected chi connectivity index (χ0v) is 18.3. The predicted molar refractivity (Wildman–Crippen MR) is 126 cm³/mol. The van der Waals surface area contributed by atoms with Crippen molar-refractivity contribution in [3.05, 3.63) is 89.4 Å². The number of hydrogen-bond acceptors (Lipinski definition) is 4. The van der Waals surface area contributed by atoms with Gasteiger partial charge in [-0.25, -0.2) is 4.68 Å². The second-order valence-corrected chi connectivity index (χ2v) is 8.86. The average molecular weight is 443 g/mol. The van der Waals surface area contributed by atoms with E-state index in [-0.39, 0.29) is 17.9 Å². The number of aromatic nitrogens is 2. The molecule has 0 spiro atoms. The number of rotatable bonds is 4. The number of anilines is 1. The normalized spacial score (nSPS) is 17.7. The van der Waals surface area contributed by atoms with Crippen LogP contribution in [0.15, 0.2) is 78.2 Å². The van der Waals surface area contributed by atoms with E-state index in [1.54, 1.807) is 20.9 Å². The Hall–Kier alpha value is -3.71. The van der Waals surface area contributed by atoms with Crippen LogP contribution in [0.25, 0.3) is 16.3 Å². The summed E-state index contributed by atoms with van der Waals surface area (Å²) in [5, 5.41) is 6.76. The van der Waals surface area contributed by atoms with Crippen molar-refractivity contribution in [1.29, 1.82) is 0 Å². The molecule has 6 nitrogen and oxygen atoms in total. The van der Waals surface area contributed by atoms with Gasteiger partial charge in [-0.2, -0.15) is 5.10 Å². The summed E-state index contributed by atoms with van der Waals surface area (Å²) in [7, 11) is 0. The van der Waals surface area contributed by atoms with Gasteiger partial charge >= 0.3 is 0 Å². The van der Waals surface area contributed by atoms with Crippen LogP contribution in [0.2, 0.25) is 0 Å². The molecule has 3 heterocycles. The molecule has 1 aliphatic heterocycles. The molecule has 0 unspecified atom stereocenters. The first kappa shape index (κ1) is 20.2. The molecule has 0 saturated heterocycles. The van der Waals surface area contributed by atoms with Crippen molar-refractivity contribution < 1.29 is 9.59 Å². The Bertz CT molecular complexity index is 1280. The Morgan fingerprint density at radius 2 is 1.78 bits per heavy atom. The molecule has 7 heteroatoms. The highest BCUT2D eigenvalue weighted by atomic mass is 32.1. The third-order valence-corrected chi connectivity index (χ3v) is 6.75. The van der Waals surface area contributed by atoms with Crippen molar-refractivity contribution in [3.63, 3.8) is 0 Å². The molecule has 2 aromatic carbocycles. The molecule has 2 amide bonds. The molecular weight excluding hydrogens is 420 g/mol. The quantitative estimate of drug-likeness (QED) is 0.501. The van der Waals surface area contributed by atoms with Crippen molar-refractivity contribution in [3.8, 4) is 16.3 Å². The topological polar surface area (TPSA) is 81.2 Å². The van der Waals surface area contributed by atoms with Crippen LogP contribution in [0.5, 0.6) is 0 Å². The molecule has 160 valence electrons. The Labute approximate surface area is 189 Å². The molecule has 2 aromatic heterocycles. The van der Waals surface area contributed by atoms with E-state index >= 15 is 0 Å². The summed E-state index contributed by atoms with van der Waals surface area (Å²) in [5.41, 5.74) is 9.22. The number of fused-ring (bicyclic) bond motifs is 1. The minimum atomic E-state index is -0.411. The Morgan fingerprint density at radius 3 is 2.50 bits per heavy atom. The van der Waals surface area contributed by atoms with Gasteiger partial charge in [-0.3, -0.25) is 9.59 Å². The Balaban J connectivity index is 1.64. The maximum Gasteiger partial charge on any atom is 0.277 e. The lowest BCUT2D eigenvalue weighted by Crippen LogP contribution is -2.45. The first-order chi connectivity index (χ1) is 15.5. The lowest BCUT2D eigenvalue weighted by molar-refractivity contribution is -0.119. The second-order valence-electron chi connectivity index (χ2n) is 7.91. The molecular formula is C25H22N4O2S. The minimum Gasteiger partial charge on any atom is -0.369 e. The summed E-state index contributed by atoms with van der Waals surface area (Å²) in [6.07, 6.45) is 0.481. The maximum absolute atomic E-state index is 14.0. The summed E-state index contributed by atoms with van der Waals surface area (Å²) in [6.45, 7) is 1.95. The minimum absolute atomic E-state index is 0.160. The van der Waals surface area contributed by atoms with Gasteiger partial charge in [-0.1, -0.05) is 42.5 Å². The molecule has 1 aliphatic rings. The number of carbonyl (C=O) groups excluding carboxylic acids is 2. The van der Waals surface area contributed by atoms with Crippen LogP contribution in [0.4, 0.5) is 5.69 Å². The van der Waals surface area contributed by atoms with Crippen molar-refractivity contribution in [1.82, 2.24) is 9.78 Å². The fourth-order valence-electron chi connectivity index (χ4n) is 4.36. The van der Waals surface area contributed by atoms with E-state index in [4.69, 9.17) is 10.8 Å². The van der Waals surface area contributed by atoms with E-state index < -0.39 is 5.92 Å². The zero-order valence-electron chi connectivity index (χ0n) is 17.5. The van der Waals surface area contributed by atoms with Crippen LogP contribution in [-0.2, 0) is 4.79 Å². The molecule has 5 rings (SSSR count). The first-order valence-corrected chi connectivity index (χ1v) is 11.3. The fraction of sp³-hybridized carbons (Fsp3) is 0.160.